The zero-order chi connectivity index (χ0) is 20.5. The number of halogens is 4. The molecular weight excluding hydrogens is 378 g/mol. The summed E-state index contributed by atoms with van der Waals surface area (Å²) in [6.45, 7) is 0.334. The summed E-state index contributed by atoms with van der Waals surface area (Å²) in [5, 5.41) is 2.66. The lowest BCUT2D eigenvalue weighted by Crippen LogP contribution is -2.25. The SMILES string of the molecule is NCc1c(N)ccc(C2CC2)c1CNC(=O)c1ccc(OC(F)(F)F)c(F)c1. The fourth-order valence-electron chi connectivity index (χ4n) is 3.08. The molecule has 1 aliphatic rings. The van der Waals surface area contributed by atoms with E-state index < -0.39 is 23.8 Å². The normalized spacial score (nSPS) is 14.0. The molecule has 0 atom stereocenters. The van der Waals surface area contributed by atoms with Gasteiger partial charge < -0.3 is 21.5 Å². The van der Waals surface area contributed by atoms with Gasteiger partial charge in [0.25, 0.3) is 5.91 Å². The van der Waals surface area contributed by atoms with Crippen molar-refractivity contribution in [3.63, 3.8) is 0 Å². The van der Waals surface area contributed by atoms with Crippen LogP contribution in [-0.4, -0.2) is 12.3 Å². The van der Waals surface area contributed by atoms with E-state index in [1.165, 1.54) is 0 Å². The van der Waals surface area contributed by atoms with Crippen LogP contribution in [0.1, 0.15) is 45.8 Å². The zero-order valence-electron chi connectivity index (χ0n) is 14.8. The smallest absolute Gasteiger partial charge is 0.403 e. The molecule has 0 bridgehead atoms. The van der Waals surface area contributed by atoms with Crippen LogP contribution in [0.3, 0.4) is 0 Å². The number of alkyl halides is 3. The highest BCUT2D eigenvalue weighted by Crippen LogP contribution is 2.43. The Bertz CT molecular complexity index is 895. The van der Waals surface area contributed by atoms with Crippen molar-refractivity contribution < 1.29 is 27.1 Å². The summed E-state index contributed by atoms with van der Waals surface area (Å²) in [5.74, 6) is -2.52. The summed E-state index contributed by atoms with van der Waals surface area (Å²) in [5.41, 5.74) is 14.8. The number of rotatable bonds is 6. The molecule has 0 radical (unpaired) electrons. The maximum atomic E-state index is 13.8. The topological polar surface area (TPSA) is 90.4 Å². The van der Waals surface area contributed by atoms with Crippen LogP contribution >= 0.6 is 0 Å². The van der Waals surface area contributed by atoms with Crippen LogP contribution in [0, 0.1) is 5.82 Å². The maximum absolute atomic E-state index is 13.8. The Labute approximate surface area is 158 Å². The van der Waals surface area contributed by atoms with Crippen molar-refractivity contribution >= 4 is 11.6 Å². The quantitative estimate of drug-likeness (QED) is 0.513. The standard InChI is InChI=1S/C19H19F4N3O2/c20-15-7-11(3-6-17(15)28-19(21,22)23)18(27)26-9-14-12(10-1-2-10)4-5-16(25)13(14)8-24/h3-7,10H,1-2,8-9,24-25H2,(H,26,27). The van der Waals surface area contributed by atoms with Gasteiger partial charge in [0.2, 0.25) is 0 Å². The molecule has 1 amide bonds. The minimum Gasteiger partial charge on any atom is -0.403 e. The van der Waals surface area contributed by atoms with Gasteiger partial charge in [-0.3, -0.25) is 4.79 Å². The molecule has 2 aromatic carbocycles. The number of ether oxygens (including phenoxy) is 1. The number of anilines is 1. The van der Waals surface area contributed by atoms with E-state index in [9.17, 15) is 22.4 Å². The Hall–Kier alpha value is -2.81. The van der Waals surface area contributed by atoms with Crippen LogP contribution in [0.5, 0.6) is 5.75 Å². The predicted molar refractivity (Wildman–Crippen MR) is 95.0 cm³/mol. The molecule has 0 aliphatic heterocycles. The Morgan fingerprint density at radius 1 is 1.18 bits per heavy atom. The summed E-state index contributed by atoms with van der Waals surface area (Å²) in [4.78, 5) is 12.3. The van der Waals surface area contributed by atoms with Gasteiger partial charge in [-0.2, -0.15) is 0 Å². The fourth-order valence-corrected chi connectivity index (χ4v) is 3.08. The third-order valence-corrected chi connectivity index (χ3v) is 4.57. The number of carbonyl (C=O) groups is 1. The summed E-state index contributed by atoms with van der Waals surface area (Å²) < 4.78 is 54.0. The molecule has 0 unspecified atom stereocenters. The lowest BCUT2D eigenvalue weighted by atomic mass is 9.96. The highest BCUT2D eigenvalue weighted by molar-refractivity contribution is 5.94. The molecule has 5 nitrogen and oxygen atoms in total. The number of hydrogen-bond acceptors (Lipinski definition) is 4. The molecule has 2 aromatic rings. The molecule has 1 saturated carbocycles. The highest BCUT2D eigenvalue weighted by atomic mass is 19.4. The van der Waals surface area contributed by atoms with E-state index in [1.807, 2.05) is 6.07 Å². The van der Waals surface area contributed by atoms with Gasteiger partial charge in [0.15, 0.2) is 11.6 Å². The summed E-state index contributed by atoms with van der Waals surface area (Å²) in [6, 6.07) is 6.22. The first-order valence-corrected chi connectivity index (χ1v) is 8.63. The second kappa shape index (κ2) is 7.67. The number of amides is 1. The first-order chi connectivity index (χ1) is 13.2. The minimum atomic E-state index is -5.02. The van der Waals surface area contributed by atoms with Crippen molar-refractivity contribution in [3.8, 4) is 5.75 Å². The molecule has 1 aliphatic carbocycles. The molecule has 5 N–H and O–H groups in total. The lowest BCUT2D eigenvalue weighted by molar-refractivity contribution is -0.275. The number of nitrogens with one attached hydrogen (secondary N) is 1. The van der Waals surface area contributed by atoms with Crippen molar-refractivity contribution in [1.29, 1.82) is 0 Å². The third-order valence-electron chi connectivity index (χ3n) is 4.57. The Balaban J connectivity index is 1.76. The van der Waals surface area contributed by atoms with Gasteiger partial charge in [0.1, 0.15) is 0 Å². The van der Waals surface area contributed by atoms with E-state index in [-0.39, 0.29) is 18.7 Å². The molecule has 150 valence electrons. The van der Waals surface area contributed by atoms with Gasteiger partial charge in [0, 0.05) is 24.3 Å². The van der Waals surface area contributed by atoms with Gasteiger partial charge in [-0.15, -0.1) is 13.2 Å². The lowest BCUT2D eigenvalue weighted by Gasteiger charge is -2.17. The predicted octanol–water partition coefficient (Wildman–Crippen LogP) is 3.57. The number of nitrogens with two attached hydrogens (primary N) is 2. The van der Waals surface area contributed by atoms with E-state index in [2.05, 4.69) is 10.1 Å². The average molecular weight is 397 g/mol. The molecule has 1 fully saturated rings. The van der Waals surface area contributed by atoms with Crippen LogP contribution in [0.4, 0.5) is 23.2 Å². The van der Waals surface area contributed by atoms with Crippen LogP contribution in [0.15, 0.2) is 30.3 Å². The Kier molecular flexibility index (Phi) is 5.46. The van der Waals surface area contributed by atoms with Crippen molar-refractivity contribution in [2.45, 2.75) is 38.2 Å². The van der Waals surface area contributed by atoms with Crippen LogP contribution in [0.25, 0.3) is 0 Å². The van der Waals surface area contributed by atoms with Crippen LogP contribution in [-0.2, 0) is 13.1 Å². The molecular formula is C19H19F4N3O2. The Morgan fingerprint density at radius 3 is 2.46 bits per heavy atom. The summed E-state index contributed by atoms with van der Waals surface area (Å²) in [7, 11) is 0. The van der Waals surface area contributed by atoms with Crippen molar-refractivity contribution in [2.75, 3.05) is 5.73 Å². The van der Waals surface area contributed by atoms with Gasteiger partial charge in [-0.25, -0.2) is 4.39 Å². The fraction of sp³-hybridized carbons (Fsp3) is 0.316. The van der Waals surface area contributed by atoms with Crippen molar-refractivity contribution in [2.24, 2.45) is 5.73 Å². The third kappa shape index (κ3) is 4.53. The molecule has 0 saturated heterocycles. The molecule has 0 spiro atoms. The second-order valence-corrected chi connectivity index (χ2v) is 6.56. The van der Waals surface area contributed by atoms with Crippen LogP contribution in [0.2, 0.25) is 0 Å². The molecule has 28 heavy (non-hydrogen) atoms. The van der Waals surface area contributed by atoms with Crippen molar-refractivity contribution in [3.05, 3.63) is 58.4 Å². The Morgan fingerprint density at radius 2 is 1.89 bits per heavy atom. The van der Waals surface area contributed by atoms with Gasteiger partial charge in [-0.05, 0) is 59.7 Å². The van der Waals surface area contributed by atoms with E-state index in [0.29, 0.717) is 17.7 Å². The molecule has 3 rings (SSSR count). The molecule has 0 aromatic heterocycles. The monoisotopic (exact) mass is 397 g/mol. The largest absolute Gasteiger partial charge is 0.573 e. The van der Waals surface area contributed by atoms with Crippen molar-refractivity contribution in [1.82, 2.24) is 5.32 Å². The number of hydrogen-bond donors (Lipinski definition) is 3. The maximum Gasteiger partial charge on any atom is 0.573 e. The van der Waals surface area contributed by atoms with Gasteiger partial charge >= 0.3 is 6.36 Å². The first kappa shape index (κ1) is 19.9. The van der Waals surface area contributed by atoms with E-state index in [1.54, 1.807) is 6.07 Å². The van der Waals surface area contributed by atoms with Crippen LogP contribution < -0.4 is 21.5 Å². The molecule has 0 heterocycles. The summed E-state index contributed by atoms with van der Waals surface area (Å²) >= 11 is 0. The highest BCUT2D eigenvalue weighted by Gasteiger charge is 2.32. The first-order valence-electron chi connectivity index (χ1n) is 8.63. The van der Waals surface area contributed by atoms with E-state index in [4.69, 9.17) is 11.5 Å². The average Bonchev–Trinajstić information content (AvgIpc) is 3.45. The van der Waals surface area contributed by atoms with Gasteiger partial charge in [-0.1, -0.05) is 6.07 Å². The van der Waals surface area contributed by atoms with E-state index in [0.717, 1.165) is 41.7 Å². The van der Waals surface area contributed by atoms with E-state index >= 15 is 0 Å². The minimum absolute atomic E-state index is 0.127. The second-order valence-electron chi connectivity index (χ2n) is 6.56. The molecule has 9 heteroatoms. The number of carbonyl (C=O) groups excluding carboxylic acids is 1. The number of benzene rings is 2. The number of nitrogen functional groups attached to an aromatic ring is 1. The summed E-state index contributed by atoms with van der Waals surface area (Å²) in [6.07, 6.45) is -2.93. The van der Waals surface area contributed by atoms with Gasteiger partial charge in [0.05, 0.1) is 0 Å². The zero-order valence-corrected chi connectivity index (χ0v) is 14.8.